The summed E-state index contributed by atoms with van der Waals surface area (Å²) in [6, 6.07) is 7.97. The van der Waals surface area contributed by atoms with E-state index in [2.05, 4.69) is 5.16 Å². The normalized spacial score (nSPS) is 12.0. The van der Waals surface area contributed by atoms with Gasteiger partial charge in [0.1, 0.15) is 5.75 Å². The number of benzene rings is 1. The van der Waals surface area contributed by atoms with Gasteiger partial charge in [0.05, 0.1) is 17.7 Å². The second kappa shape index (κ2) is 3.90. The van der Waals surface area contributed by atoms with Crippen molar-refractivity contribution < 1.29 is 9.94 Å². The van der Waals surface area contributed by atoms with Gasteiger partial charge < -0.3 is 9.94 Å². The van der Waals surface area contributed by atoms with Crippen LogP contribution >= 0.6 is 11.3 Å². The fourth-order valence-corrected chi connectivity index (χ4v) is 2.62. The fourth-order valence-electron chi connectivity index (χ4n) is 1.51. The lowest BCUT2D eigenvalue weighted by Gasteiger charge is -2.00. The van der Waals surface area contributed by atoms with Crippen molar-refractivity contribution in [2.75, 3.05) is 7.11 Å². The van der Waals surface area contributed by atoms with Crippen LogP contribution in [0.5, 0.6) is 5.75 Å². The van der Waals surface area contributed by atoms with Crippen LogP contribution in [0.25, 0.3) is 10.1 Å². The highest BCUT2D eigenvalue weighted by molar-refractivity contribution is 7.21. The maximum Gasteiger partial charge on any atom is 0.146 e. The SMILES string of the molecule is COc1c(/C(C)=N/O)sc2ccccc12. The Kier molecular flexibility index (Phi) is 2.60. The molecule has 0 aliphatic carbocycles. The first kappa shape index (κ1) is 9.98. The average Bonchev–Trinajstić information content (AvgIpc) is 2.66. The lowest BCUT2D eigenvalue weighted by atomic mass is 10.2. The Labute approximate surface area is 91.6 Å². The molecular formula is C11H11NO2S. The van der Waals surface area contributed by atoms with Crippen molar-refractivity contribution in [2.24, 2.45) is 5.16 Å². The first-order valence-corrected chi connectivity index (χ1v) is 5.34. The van der Waals surface area contributed by atoms with Crippen LogP contribution in [0.2, 0.25) is 0 Å². The highest BCUT2D eigenvalue weighted by Crippen LogP contribution is 2.37. The third-order valence-corrected chi connectivity index (χ3v) is 3.49. The number of ether oxygens (including phenoxy) is 1. The molecule has 1 N–H and O–H groups in total. The van der Waals surface area contributed by atoms with Crippen molar-refractivity contribution >= 4 is 27.1 Å². The summed E-state index contributed by atoms with van der Waals surface area (Å²) in [5.74, 6) is 0.783. The number of thiophene rings is 1. The van der Waals surface area contributed by atoms with E-state index < -0.39 is 0 Å². The molecule has 78 valence electrons. The first-order valence-electron chi connectivity index (χ1n) is 4.52. The van der Waals surface area contributed by atoms with E-state index in [1.54, 1.807) is 25.4 Å². The molecule has 2 rings (SSSR count). The Balaban J connectivity index is 2.75. The van der Waals surface area contributed by atoms with Crippen LogP contribution in [0.15, 0.2) is 29.4 Å². The molecule has 3 nitrogen and oxygen atoms in total. The summed E-state index contributed by atoms with van der Waals surface area (Å²) in [4.78, 5) is 0.876. The molecule has 0 spiro atoms. The van der Waals surface area contributed by atoms with Crippen LogP contribution in [0.3, 0.4) is 0 Å². The third kappa shape index (κ3) is 1.57. The van der Waals surface area contributed by atoms with Gasteiger partial charge in [0, 0.05) is 10.1 Å². The molecule has 0 amide bonds. The van der Waals surface area contributed by atoms with Crippen molar-refractivity contribution in [3.63, 3.8) is 0 Å². The number of rotatable bonds is 2. The summed E-state index contributed by atoms with van der Waals surface area (Å²) in [5, 5.41) is 13.0. The summed E-state index contributed by atoms with van der Waals surface area (Å²) in [7, 11) is 1.63. The number of nitrogens with zero attached hydrogens (tertiary/aromatic N) is 1. The van der Waals surface area contributed by atoms with Gasteiger partial charge in [-0.3, -0.25) is 0 Å². The second-order valence-corrected chi connectivity index (χ2v) is 4.20. The van der Waals surface area contributed by atoms with Gasteiger partial charge in [-0.2, -0.15) is 0 Å². The predicted octanol–water partition coefficient (Wildman–Crippen LogP) is 3.11. The van der Waals surface area contributed by atoms with Crippen LogP contribution in [0.4, 0.5) is 0 Å². The largest absolute Gasteiger partial charge is 0.495 e. The number of methoxy groups -OCH3 is 1. The van der Waals surface area contributed by atoms with E-state index >= 15 is 0 Å². The van der Waals surface area contributed by atoms with Crippen LogP contribution < -0.4 is 4.74 Å². The van der Waals surface area contributed by atoms with Gasteiger partial charge in [0.2, 0.25) is 0 Å². The highest BCUT2D eigenvalue weighted by Gasteiger charge is 2.14. The van der Waals surface area contributed by atoms with Crippen molar-refractivity contribution in [2.45, 2.75) is 6.92 Å². The molecule has 0 aliphatic rings. The molecule has 0 aliphatic heterocycles. The lowest BCUT2D eigenvalue weighted by Crippen LogP contribution is -1.94. The summed E-state index contributed by atoms with van der Waals surface area (Å²) >= 11 is 1.57. The molecule has 0 saturated carbocycles. The summed E-state index contributed by atoms with van der Waals surface area (Å²) in [6.07, 6.45) is 0. The molecule has 0 atom stereocenters. The van der Waals surface area contributed by atoms with E-state index in [-0.39, 0.29) is 0 Å². The van der Waals surface area contributed by atoms with Crippen molar-refractivity contribution in [3.05, 3.63) is 29.1 Å². The Bertz CT molecular complexity index is 516. The summed E-state index contributed by atoms with van der Waals surface area (Å²) < 4.78 is 6.47. The van der Waals surface area contributed by atoms with Crippen LogP contribution in [0, 0.1) is 0 Å². The summed E-state index contributed by atoms with van der Waals surface area (Å²) in [5.41, 5.74) is 0.577. The van der Waals surface area contributed by atoms with E-state index in [4.69, 9.17) is 9.94 Å². The van der Waals surface area contributed by atoms with Gasteiger partial charge in [0.15, 0.2) is 0 Å². The average molecular weight is 221 g/mol. The highest BCUT2D eigenvalue weighted by atomic mass is 32.1. The van der Waals surface area contributed by atoms with Gasteiger partial charge >= 0.3 is 0 Å². The quantitative estimate of drug-likeness (QED) is 0.481. The standard InChI is InChI=1S/C11H11NO2S/c1-7(12-13)11-10(14-2)8-5-3-4-6-9(8)15-11/h3-6,13H,1-2H3/b12-7+. The van der Waals surface area contributed by atoms with Gasteiger partial charge in [-0.25, -0.2) is 0 Å². The maximum absolute atomic E-state index is 8.77. The van der Waals surface area contributed by atoms with Crippen LogP contribution in [0.1, 0.15) is 11.8 Å². The van der Waals surface area contributed by atoms with E-state index in [1.165, 1.54) is 0 Å². The van der Waals surface area contributed by atoms with Gasteiger partial charge in [0.25, 0.3) is 0 Å². The minimum atomic E-state index is 0.577. The molecule has 1 aromatic heterocycles. The topological polar surface area (TPSA) is 41.8 Å². The molecule has 15 heavy (non-hydrogen) atoms. The van der Waals surface area contributed by atoms with Crippen molar-refractivity contribution in [1.29, 1.82) is 0 Å². The Morgan fingerprint density at radius 3 is 2.80 bits per heavy atom. The minimum absolute atomic E-state index is 0.577. The van der Waals surface area contributed by atoms with Crippen LogP contribution in [-0.4, -0.2) is 18.0 Å². The Morgan fingerprint density at radius 1 is 1.40 bits per heavy atom. The zero-order valence-electron chi connectivity index (χ0n) is 8.52. The molecular weight excluding hydrogens is 210 g/mol. The number of hydrogen-bond donors (Lipinski definition) is 1. The fraction of sp³-hybridized carbons (Fsp3) is 0.182. The van der Waals surface area contributed by atoms with Crippen LogP contribution in [-0.2, 0) is 0 Å². The molecule has 0 fully saturated rings. The Hall–Kier alpha value is -1.55. The molecule has 1 heterocycles. The minimum Gasteiger partial charge on any atom is -0.495 e. The first-order chi connectivity index (χ1) is 7.27. The van der Waals surface area contributed by atoms with Crippen molar-refractivity contribution in [3.8, 4) is 5.75 Å². The third-order valence-electron chi connectivity index (χ3n) is 2.23. The predicted molar refractivity (Wildman–Crippen MR) is 62.4 cm³/mol. The molecule has 0 unspecified atom stereocenters. The smallest absolute Gasteiger partial charge is 0.146 e. The van der Waals surface area contributed by atoms with Gasteiger partial charge in [-0.05, 0) is 19.1 Å². The zero-order chi connectivity index (χ0) is 10.8. The molecule has 1 aromatic carbocycles. The monoisotopic (exact) mass is 221 g/mol. The van der Waals surface area contributed by atoms with E-state index in [0.29, 0.717) is 5.71 Å². The molecule has 0 radical (unpaired) electrons. The number of oxime groups is 1. The summed E-state index contributed by atoms with van der Waals surface area (Å²) in [6.45, 7) is 1.76. The number of hydrogen-bond acceptors (Lipinski definition) is 4. The second-order valence-electron chi connectivity index (χ2n) is 3.15. The molecule has 4 heteroatoms. The maximum atomic E-state index is 8.77. The van der Waals surface area contributed by atoms with E-state index in [0.717, 1.165) is 20.7 Å². The lowest BCUT2D eigenvalue weighted by molar-refractivity contribution is 0.319. The Morgan fingerprint density at radius 2 is 2.13 bits per heavy atom. The molecule has 0 saturated heterocycles. The van der Waals surface area contributed by atoms with Gasteiger partial charge in [-0.15, -0.1) is 11.3 Å². The van der Waals surface area contributed by atoms with E-state index in [9.17, 15) is 0 Å². The number of fused-ring (bicyclic) bond motifs is 1. The van der Waals surface area contributed by atoms with Crippen molar-refractivity contribution in [1.82, 2.24) is 0 Å². The molecule has 0 bridgehead atoms. The van der Waals surface area contributed by atoms with E-state index in [1.807, 2.05) is 24.3 Å². The molecule has 2 aromatic rings. The van der Waals surface area contributed by atoms with Gasteiger partial charge in [-0.1, -0.05) is 17.3 Å². The zero-order valence-corrected chi connectivity index (χ0v) is 9.34.